The molecule has 2 aliphatic rings. The maximum atomic E-state index is 12.4. The lowest BCUT2D eigenvalue weighted by Crippen LogP contribution is -2.48. The van der Waals surface area contributed by atoms with Gasteiger partial charge in [0.15, 0.2) is 11.5 Å². The minimum atomic E-state index is -0.102. The summed E-state index contributed by atoms with van der Waals surface area (Å²) >= 11 is 1.45. The van der Waals surface area contributed by atoms with Crippen molar-refractivity contribution in [3.05, 3.63) is 59.4 Å². The number of nitrogens with one attached hydrogen (secondary N) is 1. The number of rotatable bonds is 8. The van der Waals surface area contributed by atoms with Crippen molar-refractivity contribution in [3.63, 3.8) is 0 Å². The molecule has 0 spiro atoms. The van der Waals surface area contributed by atoms with Gasteiger partial charge in [-0.15, -0.1) is 0 Å². The van der Waals surface area contributed by atoms with Gasteiger partial charge in [0.05, 0.1) is 7.11 Å². The van der Waals surface area contributed by atoms with Crippen molar-refractivity contribution >= 4 is 22.6 Å². The number of anilines is 1. The highest BCUT2D eigenvalue weighted by atomic mass is 32.1. The highest BCUT2D eigenvalue weighted by Gasteiger charge is 2.21. The smallest absolute Gasteiger partial charge is 0.251 e. The Morgan fingerprint density at radius 2 is 1.97 bits per heavy atom. The van der Waals surface area contributed by atoms with Gasteiger partial charge in [0.2, 0.25) is 11.9 Å². The molecule has 1 N–H and O–H groups in total. The lowest BCUT2D eigenvalue weighted by molar-refractivity contribution is 0.0947. The van der Waals surface area contributed by atoms with E-state index in [0.717, 1.165) is 55.0 Å². The van der Waals surface area contributed by atoms with Crippen molar-refractivity contribution in [2.75, 3.05) is 58.1 Å². The summed E-state index contributed by atoms with van der Waals surface area (Å²) in [6.45, 7) is 5.23. The van der Waals surface area contributed by atoms with E-state index in [1.807, 2.05) is 18.2 Å². The van der Waals surface area contributed by atoms with Gasteiger partial charge in [0.1, 0.15) is 11.6 Å². The molecule has 3 aromatic rings. The van der Waals surface area contributed by atoms with Crippen molar-refractivity contribution in [1.29, 1.82) is 0 Å². The topological polar surface area (TPSA) is 89.1 Å². The third kappa shape index (κ3) is 5.23. The van der Waals surface area contributed by atoms with Crippen molar-refractivity contribution in [1.82, 2.24) is 19.6 Å². The molecule has 5 rings (SSSR count). The maximum Gasteiger partial charge on any atom is 0.251 e. The summed E-state index contributed by atoms with van der Waals surface area (Å²) in [5.41, 5.74) is 1.71. The number of aromatic nitrogens is 2. The van der Waals surface area contributed by atoms with Crippen molar-refractivity contribution < 1.29 is 19.0 Å². The molecule has 10 heteroatoms. The van der Waals surface area contributed by atoms with E-state index < -0.39 is 0 Å². The molecule has 1 fully saturated rings. The first-order chi connectivity index (χ1) is 16.7. The van der Waals surface area contributed by atoms with E-state index >= 15 is 0 Å². The zero-order valence-electron chi connectivity index (χ0n) is 19.0. The Hall–Kier alpha value is -3.37. The lowest BCUT2D eigenvalue weighted by atomic mass is 10.1. The standard InChI is InChI=1S/C24H27N5O4S/c1-31-19-4-2-3-17(13-19)14-22-26-24(34-27-22)29-11-9-28(10-12-29)8-7-25-23(30)18-5-6-20-21(15-18)33-16-32-20/h2-6,13,15H,7-12,14,16H2,1H3,(H,25,30). The minimum Gasteiger partial charge on any atom is -0.497 e. The van der Waals surface area contributed by atoms with Crippen LogP contribution in [0.15, 0.2) is 42.5 Å². The second kappa shape index (κ2) is 10.3. The Balaban J connectivity index is 1.06. The third-order valence-electron chi connectivity index (χ3n) is 5.94. The van der Waals surface area contributed by atoms with Crippen LogP contribution < -0.4 is 24.4 Å². The molecule has 1 saturated heterocycles. The highest BCUT2D eigenvalue weighted by molar-refractivity contribution is 7.09. The number of amides is 1. The normalized spacial score (nSPS) is 15.4. The Kier molecular flexibility index (Phi) is 6.77. The van der Waals surface area contributed by atoms with Crippen LogP contribution in [0.2, 0.25) is 0 Å². The van der Waals surface area contributed by atoms with Crippen LogP contribution in [0.1, 0.15) is 21.7 Å². The number of methoxy groups -OCH3 is 1. The average Bonchev–Trinajstić information content (AvgIpc) is 3.53. The number of benzene rings is 2. The Morgan fingerprint density at radius 1 is 1.12 bits per heavy atom. The predicted molar refractivity (Wildman–Crippen MR) is 129 cm³/mol. The fourth-order valence-electron chi connectivity index (χ4n) is 4.04. The molecule has 1 aromatic heterocycles. The predicted octanol–water partition coefficient (Wildman–Crippen LogP) is 2.42. The molecule has 178 valence electrons. The van der Waals surface area contributed by atoms with E-state index in [9.17, 15) is 4.79 Å². The molecule has 34 heavy (non-hydrogen) atoms. The zero-order chi connectivity index (χ0) is 23.3. The zero-order valence-corrected chi connectivity index (χ0v) is 19.8. The van der Waals surface area contributed by atoms with Crippen LogP contribution in [-0.2, 0) is 6.42 Å². The van der Waals surface area contributed by atoms with E-state index in [1.54, 1.807) is 25.3 Å². The minimum absolute atomic E-state index is 0.102. The lowest BCUT2D eigenvalue weighted by Gasteiger charge is -2.34. The number of hydrogen-bond acceptors (Lipinski definition) is 9. The Bertz CT molecular complexity index is 1150. The molecular weight excluding hydrogens is 454 g/mol. The number of carbonyl (C=O) groups excluding carboxylic acids is 1. The number of fused-ring (bicyclic) bond motifs is 1. The number of ether oxygens (including phenoxy) is 3. The Morgan fingerprint density at radius 3 is 2.82 bits per heavy atom. The summed E-state index contributed by atoms with van der Waals surface area (Å²) in [6, 6.07) is 13.3. The molecule has 0 saturated carbocycles. The molecule has 0 radical (unpaired) electrons. The van der Waals surface area contributed by atoms with Gasteiger partial charge in [0, 0.05) is 62.8 Å². The molecule has 2 aliphatic heterocycles. The van der Waals surface area contributed by atoms with E-state index in [4.69, 9.17) is 19.2 Å². The van der Waals surface area contributed by atoms with Crippen LogP contribution >= 0.6 is 11.5 Å². The van der Waals surface area contributed by atoms with Crippen molar-refractivity contribution in [2.45, 2.75) is 6.42 Å². The number of nitrogens with zero attached hydrogens (tertiary/aromatic N) is 4. The van der Waals surface area contributed by atoms with Crippen LogP contribution in [0.4, 0.5) is 5.13 Å². The second-order valence-corrected chi connectivity index (χ2v) is 8.90. The fourth-order valence-corrected chi connectivity index (χ4v) is 4.78. The molecule has 0 unspecified atom stereocenters. The summed E-state index contributed by atoms with van der Waals surface area (Å²) in [6.07, 6.45) is 0.691. The Labute approximate surface area is 202 Å². The summed E-state index contributed by atoms with van der Waals surface area (Å²) in [5.74, 6) is 2.87. The van der Waals surface area contributed by atoms with Crippen LogP contribution in [0.25, 0.3) is 0 Å². The van der Waals surface area contributed by atoms with Gasteiger partial charge in [-0.3, -0.25) is 9.69 Å². The van der Waals surface area contributed by atoms with E-state index in [0.29, 0.717) is 30.0 Å². The van der Waals surface area contributed by atoms with Crippen LogP contribution in [0.5, 0.6) is 17.2 Å². The van der Waals surface area contributed by atoms with Crippen LogP contribution in [0, 0.1) is 0 Å². The first-order valence-electron chi connectivity index (χ1n) is 11.3. The molecule has 3 heterocycles. The van der Waals surface area contributed by atoms with Gasteiger partial charge < -0.3 is 24.4 Å². The van der Waals surface area contributed by atoms with E-state index in [-0.39, 0.29) is 12.7 Å². The largest absolute Gasteiger partial charge is 0.497 e. The summed E-state index contributed by atoms with van der Waals surface area (Å²) < 4.78 is 20.5. The molecule has 9 nitrogen and oxygen atoms in total. The fraction of sp³-hybridized carbons (Fsp3) is 0.375. The number of piperazine rings is 1. The molecular formula is C24H27N5O4S. The highest BCUT2D eigenvalue weighted by Crippen LogP contribution is 2.32. The molecule has 1 amide bonds. The first-order valence-corrected chi connectivity index (χ1v) is 12.1. The third-order valence-corrected chi connectivity index (χ3v) is 6.76. The van der Waals surface area contributed by atoms with Gasteiger partial charge >= 0.3 is 0 Å². The van der Waals surface area contributed by atoms with Gasteiger partial charge in [-0.1, -0.05) is 12.1 Å². The van der Waals surface area contributed by atoms with E-state index in [2.05, 4.69) is 25.6 Å². The molecule has 0 atom stereocenters. The SMILES string of the molecule is COc1cccc(Cc2nsc(N3CCN(CCNC(=O)c4ccc5c(c4)OCO5)CC3)n2)c1. The summed E-state index contributed by atoms with van der Waals surface area (Å²) in [7, 11) is 1.67. The molecule has 0 bridgehead atoms. The summed E-state index contributed by atoms with van der Waals surface area (Å²) in [4.78, 5) is 21.8. The van der Waals surface area contributed by atoms with Gasteiger partial charge in [0.25, 0.3) is 5.91 Å². The second-order valence-electron chi connectivity index (χ2n) is 8.17. The first kappa shape index (κ1) is 22.4. The van der Waals surface area contributed by atoms with Crippen molar-refractivity contribution in [2.24, 2.45) is 0 Å². The number of carbonyl (C=O) groups is 1. The van der Waals surface area contributed by atoms with Crippen LogP contribution in [0.3, 0.4) is 0 Å². The quantitative estimate of drug-likeness (QED) is 0.525. The molecule has 0 aliphatic carbocycles. The number of hydrogen-bond donors (Lipinski definition) is 1. The van der Waals surface area contributed by atoms with Gasteiger partial charge in [-0.05, 0) is 35.9 Å². The van der Waals surface area contributed by atoms with E-state index in [1.165, 1.54) is 11.5 Å². The van der Waals surface area contributed by atoms with Crippen molar-refractivity contribution in [3.8, 4) is 17.2 Å². The maximum absolute atomic E-state index is 12.4. The average molecular weight is 482 g/mol. The monoisotopic (exact) mass is 481 g/mol. The van der Waals surface area contributed by atoms with Crippen LogP contribution in [-0.4, -0.2) is 73.3 Å². The molecule has 2 aromatic carbocycles. The van der Waals surface area contributed by atoms with Gasteiger partial charge in [-0.2, -0.15) is 4.37 Å². The van der Waals surface area contributed by atoms with Gasteiger partial charge in [-0.25, -0.2) is 4.98 Å². The summed E-state index contributed by atoms with van der Waals surface area (Å²) in [5, 5.41) is 3.96.